The van der Waals surface area contributed by atoms with E-state index in [1.807, 2.05) is 0 Å². The minimum absolute atomic E-state index is 0.0348. The molecule has 0 unspecified atom stereocenters. The van der Waals surface area contributed by atoms with Gasteiger partial charge in [-0.15, -0.1) is 0 Å². The van der Waals surface area contributed by atoms with Gasteiger partial charge >= 0.3 is 6.18 Å². The number of halogens is 3. The first-order valence-electron chi connectivity index (χ1n) is 7.44. The van der Waals surface area contributed by atoms with E-state index in [1.165, 1.54) is 38.4 Å². The summed E-state index contributed by atoms with van der Waals surface area (Å²) in [4.78, 5) is 12.3. The van der Waals surface area contributed by atoms with E-state index in [0.717, 1.165) is 22.5 Å². The zero-order chi connectivity index (χ0) is 19.7. The van der Waals surface area contributed by atoms with E-state index in [2.05, 4.69) is 5.32 Å². The van der Waals surface area contributed by atoms with E-state index < -0.39 is 27.7 Å². The fourth-order valence-corrected chi connectivity index (χ4v) is 3.07. The van der Waals surface area contributed by atoms with Crippen LogP contribution in [-0.2, 0) is 16.2 Å². The SMILES string of the molecule is Cc1ccc(S(=O)(=O)N(C)C)cc1NC(=O)c1cccc(C(F)(F)F)c1. The smallest absolute Gasteiger partial charge is 0.322 e. The van der Waals surface area contributed by atoms with Gasteiger partial charge in [0.05, 0.1) is 10.5 Å². The monoisotopic (exact) mass is 386 g/mol. The molecule has 0 aliphatic heterocycles. The van der Waals surface area contributed by atoms with Crippen LogP contribution in [0.25, 0.3) is 0 Å². The average Bonchev–Trinajstić information content (AvgIpc) is 2.55. The van der Waals surface area contributed by atoms with Crippen LogP contribution in [0.15, 0.2) is 47.4 Å². The molecule has 140 valence electrons. The van der Waals surface area contributed by atoms with Crippen LogP contribution in [0.4, 0.5) is 18.9 Å². The van der Waals surface area contributed by atoms with Gasteiger partial charge in [0.1, 0.15) is 0 Å². The molecule has 0 saturated carbocycles. The summed E-state index contributed by atoms with van der Waals surface area (Å²) in [6.07, 6.45) is -4.56. The van der Waals surface area contributed by atoms with Crippen LogP contribution in [0.5, 0.6) is 0 Å². The number of benzene rings is 2. The fraction of sp³-hybridized carbons (Fsp3) is 0.235. The highest BCUT2D eigenvalue weighted by Crippen LogP contribution is 2.30. The van der Waals surface area contributed by atoms with Gasteiger partial charge in [-0.05, 0) is 42.8 Å². The first-order valence-corrected chi connectivity index (χ1v) is 8.88. The molecule has 0 heterocycles. The van der Waals surface area contributed by atoms with E-state index in [4.69, 9.17) is 0 Å². The third kappa shape index (κ3) is 4.23. The first-order chi connectivity index (χ1) is 11.9. The number of aryl methyl sites for hydroxylation is 1. The minimum atomic E-state index is -4.56. The summed E-state index contributed by atoms with van der Waals surface area (Å²) < 4.78 is 63.7. The van der Waals surface area contributed by atoms with E-state index >= 15 is 0 Å². The first kappa shape index (κ1) is 19.9. The van der Waals surface area contributed by atoms with Crippen LogP contribution < -0.4 is 5.32 Å². The van der Waals surface area contributed by atoms with Crippen molar-refractivity contribution in [3.8, 4) is 0 Å². The van der Waals surface area contributed by atoms with Gasteiger partial charge in [0.2, 0.25) is 10.0 Å². The Hall–Kier alpha value is -2.39. The van der Waals surface area contributed by atoms with Crippen molar-refractivity contribution >= 4 is 21.6 Å². The summed E-state index contributed by atoms with van der Waals surface area (Å²) in [6.45, 7) is 1.65. The maximum atomic E-state index is 12.8. The largest absolute Gasteiger partial charge is 0.416 e. The zero-order valence-corrected chi connectivity index (χ0v) is 15.1. The van der Waals surface area contributed by atoms with Crippen LogP contribution >= 0.6 is 0 Å². The molecule has 0 fully saturated rings. The second kappa shape index (κ2) is 7.08. The summed E-state index contributed by atoms with van der Waals surface area (Å²) in [5.41, 5.74) is -0.343. The van der Waals surface area contributed by atoms with Gasteiger partial charge in [-0.3, -0.25) is 4.79 Å². The molecule has 0 spiro atoms. The van der Waals surface area contributed by atoms with E-state index in [1.54, 1.807) is 6.92 Å². The molecule has 2 aromatic rings. The van der Waals surface area contributed by atoms with Crippen molar-refractivity contribution < 1.29 is 26.4 Å². The van der Waals surface area contributed by atoms with E-state index in [0.29, 0.717) is 5.56 Å². The molecule has 1 N–H and O–H groups in total. The number of anilines is 1. The van der Waals surface area contributed by atoms with Crippen molar-refractivity contribution in [2.45, 2.75) is 18.0 Å². The maximum absolute atomic E-state index is 12.8. The number of nitrogens with one attached hydrogen (secondary N) is 1. The maximum Gasteiger partial charge on any atom is 0.416 e. The lowest BCUT2D eigenvalue weighted by Crippen LogP contribution is -2.22. The average molecular weight is 386 g/mol. The molecule has 0 radical (unpaired) electrons. The molecular formula is C17H17F3N2O3S. The van der Waals surface area contributed by atoms with Gasteiger partial charge in [-0.2, -0.15) is 13.2 Å². The van der Waals surface area contributed by atoms with Crippen molar-refractivity contribution in [3.05, 3.63) is 59.2 Å². The van der Waals surface area contributed by atoms with Gasteiger partial charge in [-0.1, -0.05) is 12.1 Å². The molecule has 0 aromatic heterocycles. The summed E-state index contributed by atoms with van der Waals surface area (Å²) >= 11 is 0. The van der Waals surface area contributed by atoms with Crippen molar-refractivity contribution in [1.82, 2.24) is 4.31 Å². The van der Waals surface area contributed by atoms with Gasteiger partial charge in [0.25, 0.3) is 5.91 Å². The molecule has 0 aliphatic rings. The highest BCUT2D eigenvalue weighted by molar-refractivity contribution is 7.89. The number of carbonyl (C=O) groups is 1. The molecule has 0 atom stereocenters. The number of carbonyl (C=O) groups excluding carboxylic acids is 1. The molecule has 1 amide bonds. The minimum Gasteiger partial charge on any atom is -0.322 e. The van der Waals surface area contributed by atoms with Gasteiger partial charge in [0, 0.05) is 25.3 Å². The molecule has 0 aliphatic carbocycles. The molecular weight excluding hydrogens is 369 g/mol. The fourth-order valence-electron chi connectivity index (χ4n) is 2.14. The third-order valence-corrected chi connectivity index (χ3v) is 5.50. The van der Waals surface area contributed by atoms with Crippen LogP contribution in [-0.4, -0.2) is 32.7 Å². The normalized spacial score (nSPS) is 12.3. The summed E-state index contributed by atoms with van der Waals surface area (Å²) in [7, 11) is -0.967. The standard InChI is InChI=1S/C17H17F3N2O3S/c1-11-7-8-14(26(24,25)22(2)3)10-15(11)21-16(23)12-5-4-6-13(9-12)17(18,19)20/h4-10H,1-3H3,(H,21,23). The predicted molar refractivity (Wildman–Crippen MR) is 91.4 cm³/mol. The van der Waals surface area contributed by atoms with Crippen molar-refractivity contribution in [1.29, 1.82) is 0 Å². The summed E-state index contributed by atoms with van der Waals surface area (Å²) in [5.74, 6) is -0.765. The Labute approximate surface area is 149 Å². The second-order valence-corrected chi connectivity index (χ2v) is 7.95. The van der Waals surface area contributed by atoms with Gasteiger partial charge in [-0.25, -0.2) is 12.7 Å². The summed E-state index contributed by atoms with van der Waals surface area (Å²) in [6, 6.07) is 8.17. The van der Waals surface area contributed by atoms with E-state index in [-0.39, 0.29) is 16.1 Å². The molecule has 0 saturated heterocycles. The lowest BCUT2D eigenvalue weighted by molar-refractivity contribution is -0.137. The molecule has 5 nitrogen and oxygen atoms in total. The number of hydrogen-bond donors (Lipinski definition) is 1. The molecule has 0 bridgehead atoms. The molecule has 26 heavy (non-hydrogen) atoms. The van der Waals surface area contributed by atoms with Gasteiger partial charge in [0.15, 0.2) is 0 Å². The number of sulfonamides is 1. The highest BCUT2D eigenvalue weighted by Gasteiger charge is 2.31. The highest BCUT2D eigenvalue weighted by atomic mass is 32.2. The Bertz CT molecular complexity index is 939. The third-order valence-electron chi connectivity index (χ3n) is 3.69. The molecule has 9 heteroatoms. The van der Waals surface area contributed by atoms with E-state index in [9.17, 15) is 26.4 Å². The Balaban J connectivity index is 2.36. The number of alkyl halides is 3. The van der Waals surface area contributed by atoms with Crippen LogP contribution in [0.3, 0.4) is 0 Å². The lowest BCUT2D eigenvalue weighted by atomic mass is 10.1. The second-order valence-electron chi connectivity index (χ2n) is 5.80. The lowest BCUT2D eigenvalue weighted by Gasteiger charge is -2.15. The van der Waals surface area contributed by atoms with Crippen molar-refractivity contribution in [3.63, 3.8) is 0 Å². The van der Waals surface area contributed by atoms with Gasteiger partial charge < -0.3 is 5.32 Å². The number of amides is 1. The Morgan fingerprint density at radius 2 is 1.73 bits per heavy atom. The summed E-state index contributed by atoms with van der Waals surface area (Å²) in [5, 5.41) is 2.47. The molecule has 2 rings (SSSR count). The Kier molecular flexibility index (Phi) is 5.43. The Morgan fingerprint density at radius 1 is 1.08 bits per heavy atom. The number of hydrogen-bond acceptors (Lipinski definition) is 3. The quantitative estimate of drug-likeness (QED) is 0.874. The predicted octanol–water partition coefficient (Wildman–Crippen LogP) is 3.52. The van der Waals surface area contributed by atoms with Crippen molar-refractivity contribution in [2.24, 2.45) is 0 Å². The van der Waals surface area contributed by atoms with Crippen LogP contribution in [0, 0.1) is 6.92 Å². The van der Waals surface area contributed by atoms with Crippen molar-refractivity contribution in [2.75, 3.05) is 19.4 Å². The topological polar surface area (TPSA) is 66.5 Å². The zero-order valence-electron chi connectivity index (χ0n) is 14.3. The number of nitrogens with zero attached hydrogens (tertiary/aromatic N) is 1. The Morgan fingerprint density at radius 3 is 2.31 bits per heavy atom. The van der Waals surface area contributed by atoms with Crippen LogP contribution in [0.1, 0.15) is 21.5 Å². The number of rotatable bonds is 4. The van der Waals surface area contributed by atoms with Crippen LogP contribution in [0.2, 0.25) is 0 Å². The molecule has 2 aromatic carbocycles.